The normalized spacial score (nSPS) is 13.3. The lowest BCUT2D eigenvalue weighted by atomic mass is 10.1. The van der Waals surface area contributed by atoms with E-state index < -0.39 is 6.10 Å². The lowest BCUT2D eigenvalue weighted by Crippen LogP contribution is -2.35. The van der Waals surface area contributed by atoms with E-state index >= 15 is 0 Å². The molecule has 0 aliphatic heterocycles. The summed E-state index contributed by atoms with van der Waals surface area (Å²) in [4.78, 5) is 1.28. The third kappa shape index (κ3) is 5.32. The highest BCUT2D eigenvalue weighted by Gasteiger charge is 2.10. The highest BCUT2D eigenvalue weighted by atomic mass is 35.5. The molecule has 5 heteroatoms. The van der Waals surface area contributed by atoms with Gasteiger partial charge >= 0.3 is 0 Å². The van der Waals surface area contributed by atoms with Gasteiger partial charge in [-0.3, -0.25) is 0 Å². The van der Waals surface area contributed by atoms with Gasteiger partial charge in [0.25, 0.3) is 0 Å². The molecule has 0 aliphatic carbocycles. The van der Waals surface area contributed by atoms with Crippen molar-refractivity contribution in [1.82, 2.24) is 5.32 Å². The van der Waals surface area contributed by atoms with E-state index in [1.54, 1.807) is 17.4 Å². The Balaban J connectivity index is 1.44. The molecule has 3 N–H and O–H groups in total. The summed E-state index contributed by atoms with van der Waals surface area (Å²) in [5.74, 6) is 0. The van der Waals surface area contributed by atoms with Crippen LogP contribution in [-0.4, -0.2) is 24.2 Å². The third-order valence-corrected chi connectivity index (χ3v) is 5.35. The Morgan fingerprint density at radius 2 is 1.85 bits per heavy atom. The smallest absolute Gasteiger partial charge is 0.0915 e. The molecule has 26 heavy (non-hydrogen) atoms. The topological polar surface area (TPSA) is 44.3 Å². The van der Waals surface area contributed by atoms with Crippen LogP contribution in [0, 0.1) is 0 Å². The van der Waals surface area contributed by atoms with Crippen LogP contribution >= 0.6 is 22.9 Å². The second-order valence-electron chi connectivity index (χ2n) is 6.32. The van der Waals surface area contributed by atoms with Gasteiger partial charge in [0.2, 0.25) is 0 Å². The summed E-state index contributed by atoms with van der Waals surface area (Å²) in [6.45, 7) is 3.36. The van der Waals surface area contributed by atoms with Crippen LogP contribution in [0.3, 0.4) is 0 Å². The van der Waals surface area contributed by atoms with E-state index in [2.05, 4.69) is 59.3 Å². The standard InChI is InChI=1S/C21H23ClN2OS/c1-15(23-14-20(25)17-4-2-5-18(22)12-17)13-24-19-9-7-16(8-10-19)21-6-3-11-26-21/h2-12,15,20,23-25H,13-14H2,1H3/t15-,20+/m1/s1. The second kappa shape index (κ2) is 9.19. The van der Waals surface area contributed by atoms with Crippen molar-refractivity contribution >= 4 is 28.6 Å². The average Bonchev–Trinajstić information content (AvgIpc) is 3.19. The molecule has 0 unspecified atom stereocenters. The summed E-state index contributed by atoms with van der Waals surface area (Å²) in [5.41, 5.74) is 3.16. The fourth-order valence-electron chi connectivity index (χ4n) is 2.68. The van der Waals surface area contributed by atoms with Gasteiger partial charge in [-0.1, -0.05) is 41.9 Å². The summed E-state index contributed by atoms with van der Waals surface area (Å²) >= 11 is 7.72. The van der Waals surface area contributed by atoms with Gasteiger partial charge < -0.3 is 15.7 Å². The molecular weight excluding hydrogens is 364 g/mol. The lowest BCUT2D eigenvalue weighted by Gasteiger charge is -2.18. The molecule has 2 atom stereocenters. The molecule has 2 aromatic carbocycles. The predicted molar refractivity (Wildman–Crippen MR) is 112 cm³/mol. The molecule has 0 aliphatic rings. The van der Waals surface area contributed by atoms with Gasteiger partial charge in [0.15, 0.2) is 0 Å². The zero-order valence-electron chi connectivity index (χ0n) is 14.7. The SMILES string of the molecule is C[C@H](CNc1ccc(-c2cccs2)cc1)NC[C@H](O)c1cccc(Cl)c1. The summed E-state index contributed by atoms with van der Waals surface area (Å²) in [5, 5.41) is 19.8. The monoisotopic (exact) mass is 386 g/mol. The molecule has 3 nitrogen and oxygen atoms in total. The summed E-state index contributed by atoms with van der Waals surface area (Å²) in [6, 6.07) is 20.2. The minimum absolute atomic E-state index is 0.223. The molecule has 1 aromatic heterocycles. The van der Waals surface area contributed by atoms with Gasteiger partial charge in [0.05, 0.1) is 6.10 Å². The second-order valence-corrected chi connectivity index (χ2v) is 7.70. The van der Waals surface area contributed by atoms with Crippen molar-refractivity contribution in [2.24, 2.45) is 0 Å². The Morgan fingerprint density at radius 1 is 1.04 bits per heavy atom. The molecule has 0 radical (unpaired) electrons. The van der Waals surface area contributed by atoms with E-state index in [1.807, 2.05) is 18.2 Å². The summed E-state index contributed by atoms with van der Waals surface area (Å²) in [7, 11) is 0. The van der Waals surface area contributed by atoms with Gasteiger partial charge in [-0.05, 0) is 53.8 Å². The molecule has 0 saturated carbocycles. The number of thiophene rings is 1. The van der Waals surface area contributed by atoms with Crippen LogP contribution in [0.15, 0.2) is 66.0 Å². The quantitative estimate of drug-likeness (QED) is 0.499. The van der Waals surface area contributed by atoms with Crippen LogP contribution in [-0.2, 0) is 0 Å². The minimum atomic E-state index is -0.568. The summed E-state index contributed by atoms with van der Waals surface area (Å²) in [6.07, 6.45) is -0.568. The highest BCUT2D eigenvalue weighted by Crippen LogP contribution is 2.25. The Bertz CT molecular complexity index is 805. The zero-order chi connectivity index (χ0) is 18.4. The van der Waals surface area contributed by atoms with E-state index in [4.69, 9.17) is 11.6 Å². The number of anilines is 1. The molecule has 0 fully saturated rings. The number of hydrogen-bond donors (Lipinski definition) is 3. The predicted octanol–water partition coefficient (Wildman–Crippen LogP) is 5.19. The molecular formula is C21H23ClN2OS. The Morgan fingerprint density at radius 3 is 2.54 bits per heavy atom. The Hall–Kier alpha value is -1.85. The van der Waals surface area contributed by atoms with Crippen LogP contribution in [0.5, 0.6) is 0 Å². The Labute approximate surface area is 163 Å². The third-order valence-electron chi connectivity index (χ3n) is 4.20. The van der Waals surface area contributed by atoms with E-state index in [-0.39, 0.29) is 6.04 Å². The number of aliphatic hydroxyl groups excluding tert-OH is 1. The first kappa shape index (κ1) is 18.9. The van der Waals surface area contributed by atoms with E-state index in [9.17, 15) is 5.11 Å². The maximum absolute atomic E-state index is 10.3. The first-order chi connectivity index (χ1) is 12.6. The van der Waals surface area contributed by atoms with Gasteiger partial charge in [0.1, 0.15) is 0 Å². The fourth-order valence-corrected chi connectivity index (χ4v) is 3.61. The van der Waals surface area contributed by atoms with Crippen molar-refractivity contribution in [3.63, 3.8) is 0 Å². The fraction of sp³-hybridized carbons (Fsp3) is 0.238. The van der Waals surface area contributed by atoms with Crippen molar-refractivity contribution in [2.45, 2.75) is 19.1 Å². The first-order valence-corrected chi connectivity index (χ1v) is 9.92. The van der Waals surface area contributed by atoms with Crippen molar-refractivity contribution < 1.29 is 5.11 Å². The van der Waals surface area contributed by atoms with Gasteiger partial charge in [-0.2, -0.15) is 0 Å². The number of rotatable bonds is 8. The number of benzene rings is 2. The van der Waals surface area contributed by atoms with E-state index in [0.717, 1.165) is 17.8 Å². The number of hydrogen-bond acceptors (Lipinski definition) is 4. The number of halogens is 1. The highest BCUT2D eigenvalue weighted by molar-refractivity contribution is 7.13. The van der Waals surface area contributed by atoms with Crippen LogP contribution in [0.4, 0.5) is 5.69 Å². The van der Waals surface area contributed by atoms with E-state index in [0.29, 0.717) is 11.6 Å². The zero-order valence-corrected chi connectivity index (χ0v) is 16.2. The van der Waals surface area contributed by atoms with Crippen molar-refractivity contribution in [3.8, 4) is 10.4 Å². The van der Waals surface area contributed by atoms with Crippen LogP contribution in [0.1, 0.15) is 18.6 Å². The molecule has 0 bridgehead atoms. The minimum Gasteiger partial charge on any atom is -0.387 e. The van der Waals surface area contributed by atoms with Crippen molar-refractivity contribution in [1.29, 1.82) is 0 Å². The molecule has 1 heterocycles. The molecule has 0 amide bonds. The van der Waals surface area contributed by atoms with Gasteiger partial charge in [-0.15, -0.1) is 11.3 Å². The average molecular weight is 387 g/mol. The van der Waals surface area contributed by atoms with E-state index in [1.165, 1.54) is 10.4 Å². The lowest BCUT2D eigenvalue weighted by molar-refractivity contribution is 0.171. The maximum atomic E-state index is 10.3. The Kier molecular flexibility index (Phi) is 6.69. The first-order valence-electron chi connectivity index (χ1n) is 8.66. The molecule has 136 valence electrons. The van der Waals surface area contributed by atoms with Crippen molar-refractivity contribution in [2.75, 3.05) is 18.4 Å². The largest absolute Gasteiger partial charge is 0.387 e. The number of aliphatic hydroxyl groups is 1. The molecule has 3 aromatic rings. The van der Waals surface area contributed by atoms with Gasteiger partial charge in [0, 0.05) is 34.7 Å². The molecule has 0 saturated heterocycles. The van der Waals surface area contributed by atoms with Crippen LogP contribution in [0.25, 0.3) is 10.4 Å². The maximum Gasteiger partial charge on any atom is 0.0915 e. The molecule has 3 rings (SSSR count). The number of nitrogens with one attached hydrogen (secondary N) is 2. The summed E-state index contributed by atoms with van der Waals surface area (Å²) < 4.78 is 0. The van der Waals surface area contributed by atoms with Crippen LogP contribution < -0.4 is 10.6 Å². The van der Waals surface area contributed by atoms with Crippen molar-refractivity contribution in [3.05, 3.63) is 76.6 Å². The van der Waals surface area contributed by atoms with Gasteiger partial charge in [-0.25, -0.2) is 0 Å². The van der Waals surface area contributed by atoms with Crippen LogP contribution in [0.2, 0.25) is 5.02 Å². The molecule has 0 spiro atoms.